The Hall–Kier alpha value is -2.07. The molecule has 4 heteroatoms. The van der Waals surface area contributed by atoms with E-state index in [0.29, 0.717) is 13.2 Å². The van der Waals surface area contributed by atoms with Crippen molar-refractivity contribution >= 4 is 0 Å². The first-order valence-electron chi connectivity index (χ1n) is 6.72. The smallest absolute Gasteiger partial charge is 0.161 e. The Morgan fingerprint density at radius 2 is 2.05 bits per heavy atom. The Kier molecular flexibility index (Phi) is 5.38. The fourth-order valence-electron chi connectivity index (χ4n) is 1.94. The van der Waals surface area contributed by atoms with E-state index in [1.165, 1.54) is 5.56 Å². The normalized spacial score (nSPS) is 10.3. The van der Waals surface area contributed by atoms with Gasteiger partial charge in [0.25, 0.3) is 0 Å². The molecule has 0 unspecified atom stereocenters. The molecule has 0 atom stereocenters. The van der Waals surface area contributed by atoms with Gasteiger partial charge in [0.2, 0.25) is 0 Å². The molecule has 0 fully saturated rings. The number of rotatable bonds is 7. The van der Waals surface area contributed by atoms with Gasteiger partial charge in [-0.25, -0.2) is 0 Å². The standard InChI is InChI=1S/C16H20N2O2/c1-19-15-7-6-13(4-2-8-17)10-16(15)20-12-14-5-3-9-18-11-14/h3,5-7,9-11H,2,4,8,12,17H2,1H3. The van der Waals surface area contributed by atoms with E-state index in [4.69, 9.17) is 15.2 Å². The largest absolute Gasteiger partial charge is 0.493 e. The topological polar surface area (TPSA) is 57.4 Å². The van der Waals surface area contributed by atoms with Crippen molar-refractivity contribution < 1.29 is 9.47 Å². The number of methoxy groups -OCH3 is 1. The van der Waals surface area contributed by atoms with Crippen molar-refractivity contribution in [2.45, 2.75) is 19.4 Å². The third-order valence-electron chi connectivity index (χ3n) is 3.01. The third kappa shape index (κ3) is 3.96. The van der Waals surface area contributed by atoms with Gasteiger partial charge in [0.15, 0.2) is 11.5 Å². The molecule has 20 heavy (non-hydrogen) atoms. The van der Waals surface area contributed by atoms with E-state index in [1.54, 1.807) is 19.5 Å². The molecule has 0 aliphatic rings. The van der Waals surface area contributed by atoms with Gasteiger partial charge in [-0.15, -0.1) is 0 Å². The SMILES string of the molecule is COc1ccc(CCCN)cc1OCc1cccnc1. The molecule has 2 N–H and O–H groups in total. The quantitative estimate of drug-likeness (QED) is 0.841. The monoisotopic (exact) mass is 272 g/mol. The van der Waals surface area contributed by atoms with E-state index in [0.717, 1.165) is 29.9 Å². The van der Waals surface area contributed by atoms with Crippen LogP contribution < -0.4 is 15.2 Å². The zero-order valence-electron chi connectivity index (χ0n) is 11.7. The summed E-state index contributed by atoms with van der Waals surface area (Å²) in [5.41, 5.74) is 7.78. The van der Waals surface area contributed by atoms with Gasteiger partial charge in [0.05, 0.1) is 7.11 Å². The van der Waals surface area contributed by atoms with E-state index in [1.807, 2.05) is 30.3 Å². The number of aromatic nitrogens is 1. The van der Waals surface area contributed by atoms with Crippen molar-refractivity contribution in [2.75, 3.05) is 13.7 Å². The number of pyridine rings is 1. The molecule has 4 nitrogen and oxygen atoms in total. The minimum absolute atomic E-state index is 0.477. The van der Waals surface area contributed by atoms with Crippen LogP contribution in [0.1, 0.15) is 17.5 Å². The maximum absolute atomic E-state index is 5.84. The first-order valence-corrected chi connectivity index (χ1v) is 6.72. The highest BCUT2D eigenvalue weighted by Crippen LogP contribution is 2.29. The molecule has 1 aromatic carbocycles. The van der Waals surface area contributed by atoms with Crippen molar-refractivity contribution in [1.29, 1.82) is 0 Å². The van der Waals surface area contributed by atoms with Crippen LogP contribution in [0.5, 0.6) is 11.5 Å². The molecule has 0 aliphatic heterocycles. The molecule has 2 rings (SSSR count). The lowest BCUT2D eigenvalue weighted by molar-refractivity contribution is 0.284. The summed E-state index contributed by atoms with van der Waals surface area (Å²) in [6, 6.07) is 9.88. The van der Waals surface area contributed by atoms with Crippen molar-refractivity contribution in [1.82, 2.24) is 4.98 Å². The van der Waals surface area contributed by atoms with Gasteiger partial charge in [0.1, 0.15) is 6.61 Å². The Morgan fingerprint density at radius 1 is 1.15 bits per heavy atom. The number of hydrogen-bond acceptors (Lipinski definition) is 4. The van der Waals surface area contributed by atoms with E-state index in [-0.39, 0.29) is 0 Å². The number of aryl methyl sites for hydroxylation is 1. The molecule has 1 heterocycles. The third-order valence-corrected chi connectivity index (χ3v) is 3.01. The van der Waals surface area contributed by atoms with Gasteiger partial charge in [-0.05, 0) is 43.1 Å². The van der Waals surface area contributed by atoms with Crippen LogP contribution in [0.2, 0.25) is 0 Å². The fraction of sp³-hybridized carbons (Fsp3) is 0.312. The van der Waals surface area contributed by atoms with Gasteiger partial charge in [0, 0.05) is 18.0 Å². The molecular weight excluding hydrogens is 252 g/mol. The second kappa shape index (κ2) is 7.50. The minimum atomic E-state index is 0.477. The van der Waals surface area contributed by atoms with Crippen LogP contribution in [-0.4, -0.2) is 18.6 Å². The van der Waals surface area contributed by atoms with Gasteiger partial charge >= 0.3 is 0 Å². The summed E-state index contributed by atoms with van der Waals surface area (Å²) in [4.78, 5) is 4.07. The number of benzene rings is 1. The lowest BCUT2D eigenvalue weighted by Crippen LogP contribution is -2.02. The Balaban J connectivity index is 2.07. The average molecular weight is 272 g/mol. The molecule has 0 saturated heterocycles. The Labute approximate surface area is 119 Å². The summed E-state index contributed by atoms with van der Waals surface area (Å²) in [5, 5.41) is 0. The summed E-state index contributed by atoms with van der Waals surface area (Å²) in [7, 11) is 1.64. The number of nitrogens with two attached hydrogens (primary N) is 1. The number of nitrogens with zero attached hydrogens (tertiary/aromatic N) is 1. The van der Waals surface area contributed by atoms with Crippen LogP contribution in [-0.2, 0) is 13.0 Å². The number of hydrogen-bond donors (Lipinski definition) is 1. The van der Waals surface area contributed by atoms with E-state index in [2.05, 4.69) is 4.98 Å². The Morgan fingerprint density at radius 3 is 2.75 bits per heavy atom. The average Bonchev–Trinajstić information content (AvgIpc) is 2.52. The van der Waals surface area contributed by atoms with Gasteiger partial charge in [-0.1, -0.05) is 12.1 Å². The molecule has 2 aromatic rings. The molecule has 0 bridgehead atoms. The predicted octanol–water partition coefficient (Wildman–Crippen LogP) is 2.56. The maximum Gasteiger partial charge on any atom is 0.161 e. The molecule has 0 amide bonds. The summed E-state index contributed by atoms with van der Waals surface area (Å²) < 4.78 is 11.2. The molecule has 0 aliphatic carbocycles. The molecule has 0 spiro atoms. The van der Waals surface area contributed by atoms with Gasteiger partial charge < -0.3 is 15.2 Å². The lowest BCUT2D eigenvalue weighted by Gasteiger charge is -2.12. The zero-order valence-corrected chi connectivity index (χ0v) is 11.7. The highest BCUT2D eigenvalue weighted by atomic mass is 16.5. The zero-order chi connectivity index (χ0) is 14.2. The van der Waals surface area contributed by atoms with Crippen LogP contribution in [0.4, 0.5) is 0 Å². The van der Waals surface area contributed by atoms with Gasteiger partial charge in [-0.3, -0.25) is 4.98 Å². The second-order valence-corrected chi connectivity index (χ2v) is 4.53. The van der Waals surface area contributed by atoms with Crippen LogP contribution in [0.3, 0.4) is 0 Å². The minimum Gasteiger partial charge on any atom is -0.493 e. The fourth-order valence-corrected chi connectivity index (χ4v) is 1.94. The first-order chi connectivity index (χ1) is 9.83. The Bertz CT molecular complexity index is 529. The van der Waals surface area contributed by atoms with E-state index in [9.17, 15) is 0 Å². The van der Waals surface area contributed by atoms with Crippen LogP contribution in [0.25, 0.3) is 0 Å². The molecular formula is C16H20N2O2. The van der Waals surface area contributed by atoms with Crippen LogP contribution in [0.15, 0.2) is 42.7 Å². The summed E-state index contributed by atoms with van der Waals surface area (Å²) in [5.74, 6) is 1.50. The lowest BCUT2D eigenvalue weighted by atomic mass is 10.1. The highest BCUT2D eigenvalue weighted by Gasteiger charge is 2.06. The van der Waals surface area contributed by atoms with E-state index >= 15 is 0 Å². The molecule has 0 radical (unpaired) electrons. The summed E-state index contributed by atoms with van der Waals surface area (Å²) >= 11 is 0. The summed E-state index contributed by atoms with van der Waals surface area (Å²) in [6.45, 7) is 1.17. The van der Waals surface area contributed by atoms with Crippen LogP contribution >= 0.6 is 0 Å². The first kappa shape index (κ1) is 14.3. The van der Waals surface area contributed by atoms with Crippen molar-refractivity contribution in [3.8, 4) is 11.5 Å². The highest BCUT2D eigenvalue weighted by molar-refractivity contribution is 5.43. The maximum atomic E-state index is 5.84. The van der Waals surface area contributed by atoms with Crippen molar-refractivity contribution in [3.05, 3.63) is 53.9 Å². The molecule has 1 aromatic heterocycles. The van der Waals surface area contributed by atoms with Crippen molar-refractivity contribution in [2.24, 2.45) is 5.73 Å². The van der Waals surface area contributed by atoms with Crippen molar-refractivity contribution in [3.63, 3.8) is 0 Å². The van der Waals surface area contributed by atoms with E-state index < -0.39 is 0 Å². The number of ether oxygens (including phenoxy) is 2. The van der Waals surface area contributed by atoms with Gasteiger partial charge in [-0.2, -0.15) is 0 Å². The summed E-state index contributed by atoms with van der Waals surface area (Å²) in [6.07, 6.45) is 5.46. The second-order valence-electron chi connectivity index (χ2n) is 4.53. The predicted molar refractivity (Wildman–Crippen MR) is 78.9 cm³/mol. The molecule has 106 valence electrons. The van der Waals surface area contributed by atoms with Crippen LogP contribution in [0, 0.1) is 0 Å². The molecule has 0 saturated carbocycles.